The molecule has 0 spiro atoms. The first-order chi connectivity index (χ1) is 16.6. The van der Waals surface area contributed by atoms with Crippen molar-refractivity contribution in [3.63, 3.8) is 0 Å². The number of thiophene rings is 1. The van der Waals surface area contributed by atoms with Gasteiger partial charge in [0.2, 0.25) is 0 Å². The van der Waals surface area contributed by atoms with Gasteiger partial charge in [0, 0.05) is 30.5 Å². The molecule has 0 N–H and O–H groups in total. The van der Waals surface area contributed by atoms with E-state index >= 15 is 0 Å². The molecular formula is C27H25F3N2O2S. The summed E-state index contributed by atoms with van der Waals surface area (Å²) in [6.45, 7) is 4.33. The molecule has 182 valence electrons. The fraction of sp³-hybridized carbons (Fsp3) is 0.259. The number of fused-ring (bicyclic) bond motifs is 1. The predicted octanol–water partition coefficient (Wildman–Crippen LogP) is 6.20. The molecule has 0 radical (unpaired) electrons. The molecule has 0 saturated carbocycles. The third-order valence-electron chi connectivity index (χ3n) is 5.75. The van der Waals surface area contributed by atoms with Crippen LogP contribution in [-0.4, -0.2) is 9.13 Å². The van der Waals surface area contributed by atoms with Gasteiger partial charge in [-0.1, -0.05) is 74.5 Å². The van der Waals surface area contributed by atoms with Crippen LogP contribution in [0.4, 0.5) is 13.2 Å². The summed E-state index contributed by atoms with van der Waals surface area (Å²) in [6, 6.07) is 14.9. The van der Waals surface area contributed by atoms with Crippen LogP contribution in [0.2, 0.25) is 0 Å². The molecule has 35 heavy (non-hydrogen) atoms. The molecule has 0 atom stereocenters. The van der Waals surface area contributed by atoms with Gasteiger partial charge in [-0.25, -0.2) is 4.79 Å². The second-order valence-corrected chi connectivity index (χ2v) is 9.93. The summed E-state index contributed by atoms with van der Waals surface area (Å²) < 4.78 is 43.7. The van der Waals surface area contributed by atoms with Gasteiger partial charge in [0.1, 0.15) is 4.83 Å². The lowest BCUT2D eigenvalue weighted by atomic mass is 10.0. The van der Waals surface area contributed by atoms with E-state index in [1.807, 2.05) is 50.3 Å². The maximum atomic E-state index is 13.7. The summed E-state index contributed by atoms with van der Waals surface area (Å²) in [5.41, 5.74) is -0.0363. The van der Waals surface area contributed by atoms with E-state index in [0.717, 1.165) is 16.2 Å². The van der Waals surface area contributed by atoms with Gasteiger partial charge in [-0.05, 0) is 23.1 Å². The Morgan fingerprint density at radius 3 is 2.29 bits per heavy atom. The summed E-state index contributed by atoms with van der Waals surface area (Å²) in [5.74, 6) is 0.133. The number of nitrogens with zero attached hydrogens (tertiary/aromatic N) is 2. The number of hydrogen-bond donors (Lipinski definition) is 0. The first-order valence-corrected chi connectivity index (χ1v) is 12.0. The van der Waals surface area contributed by atoms with Crippen LogP contribution in [0, 0.1) is 5.92 Å². The molecule has 2 aromatic carbocycles. The second kappa shape index (κ2) is 9.70. The van der Waals surface area contributed by atoms with E-state index in [0.29, 0.717) is 27.2 Å². The van der Waals surface area contributed by atoms with E-state index in [1.165, 1.54) is 30.5 Å². The normalized spacial score (nSPS) is 12.3. The van der Waals surface area contributed by atoms with Gasteiger partial charge in [-0.2, -0.15) is 13.2 Å². The molecule has 0 aliphatic rings. The maximum Gasteiger partial charge on any atom is 0.416 e. The smallest absolute Gasteiger partial charge is 0.284 e. The minimum Gasteiger partial charge on any atom is -0.284 e. The summed E-state index contributed by atoms with van der Waals surface area (Å²) >= 11 is 1.21. The number of hydrogen-bond acceptors (Lipinski definition) is 3. The molecule has 8 heteroatoms. The largest absolute Gasteiger partial charge is 0.416 e. The summed E-state index contributed by atoms with van der Waals surface area (Å²) in [4.78, 5) is 27.3. The van der Waals surface area contributed by atoms with Gasteiger partial charge in [-0.3, -0.25) is 13.9 Å². The maximum absolute atomic E-state index is 13.7. The van der Waals surface area contributed by atoms with E-state index in [4.69, 9.17) is 0 Å². The lowest BCUT2D eigenvalue weighted by Gasteiger charge is -2.12. The molecule has 0 amide bonds. The standard InChI is InChI=1S/C27H25F3N2O2S/c1-17(2)16-32-25-23(24(33)31(3)26(32)34)20(14-13-18-9-5-4-6-10-18)22(35-25)15-19-11-7-8-12-21(19)27(28,29)30/h4-14,17H,15-16H2,1-3H3. The molecule has 0 saturated heterocycles. The van der Waals surface area contributed by atoms with E-state index in [1.54, 1.807) is 16.7 Å². The fourth-order valence-electron chi connectivity index (χ4n) is 4.10. The van der Waals surface area contributed by atoms with Gasteiger partial charge < -0.3 is 0 Å². The fourth-order valence-corrected chi connectivity index (χ4v) is 5.40. The molecule has 2 heterocycles. The Labute approximate surface area is 204 Å². The van der Waals surface area contributed by atoms with Crippen molar-refractivity contribution in [1.29, 1.82) is 0 Å². The van der Waals surface area contributed by atoms with Crippen LogP contribution in [0.1, 0.15) is 41.0 Å². The van der Waals surface area contributed by atoms with E-state index in [-0.39, 0.29) is 17.9 Å². The molecule has 0 aliphatic heterocycles. The van der Waals surface area contributed by atoms with Crippen LogP contribution in [0.15, 0.2) is 64.2 Å². The van der Waals surface area contributed by atoms with Crippen molar-refractivity contribution in [2.24, 2.45) is 13.0 Å². The zero-order valence-corrected chi connectivity index (χ0v) is 20.4. The van der Waals surface area contributed by atoms with Crippen LogP contribution in [0.25, 0.3) is 22.4 Å². The Balaban J connectivity index is 2.00. The molecule has 4 aromatic rings. The van der Waals surface area contributed by atoms with Gasteiger partial charge in [0.05, 0.1) is 10.9 Å². The number of alkyl halides is 3. The minimum absolute atomic E-state index is 0.0114. The van der Waals surface area contributed by atoms with Crippen molar-refractivity contribution in [3.8, 4) is 0 Å². The molecule has 4 rings (SSSR count). The average molecular weight is 499 g/mol. The van der Waals surface area contributed by atoms with E-state index < -0.39 is 23.0 Å². The zero-order chi connectivity index (χ0) is 25.3. The molecule has 4 nitrogen and oxygen atoms in total. The van der Waals surface area contributed by atoms with Crippen LogP contribution >= 0.6 is 11.3 Å². The lowest BCUT2D eigenvalue weighted by molar-refractivity contribution is -0.138. The van der Waals surface area contributed by atoms with E-state index in [9.17, 15) is 22.8 Å². The van der Waals surface area contributed by atoms with Crippen LogP contribution in [0.5, 0.6) is 0 Å². The van der Waals surface area contributed by atoms with Gasteiger partial charge in [0.25, 0.3) is 5.56 Å². The van der Waals surface area contributed by atoms with Crippen molar-refractivity contribution in [3.05, 3.63) is 103 Å². The molecule has 0 bridgehead atoms. The Bertz CT molecular complexity index is 1510. The number of rotatable bonds is 6. The topological polar surface area (TPSA) is 44.0 Å². The van der Waals surface area contributed by atoms with Crippen LogP contribution in [-0.2, 0) is 26.2 Å². The first kappa shape index (κ1) is 24.7. The highest BCUT2D eigenvalue weighted by molar-refractivity contribution is 7.19. The van der Waals surface area contributed by atoms with Crippen molar-refractivity contribution < 1.29 is 13.2 Å². The molecule has 2 aromatic heterocycles. The SMILES string of the molecule is CC(C)Cn1c(=O)n(C)c(=O)c2c(C=Cc3ccccc3)c(Cc3ccccc3C(F)(F)F)sc21. The number of halogens is 3. The average Bonchev–Trinajstić information content (AvgIpc) is 3.17. The van der Waals surface area contributed by atoms with Crippen molar-refractivity contribution in [1.82, 2.24) is 9.13 Å². The third-order valence-corrected chi connectivity index (χ3v) is 6.98. The Kier molecular flexibility index (Phi) is 6.85. The summed E-state index contributed by atoms with van der Waals surface area (Å²) in [7, 11) is 1.43. The minimum atomic E-state index is -4.50. The Morgan fingerprint density at radius 2 is 1.63 bits per heavy atom. The molecular weight excluding hydrogens is 473 g/mol. The van der Waals surface area contributed by atoms with Crippen LogP contribution < -0.4 is 11.2 Å². The summed E-state index contributed by atoms with van der Waals surface area (Å²) in [5, 5.41) is 0.351. The van der Waals surface area contributed by atoms with Gasteiger partial charge >= 0.3 is 11.9 Å². The first-order valence-electron chi connectivity index (χ1n) is 11.2. The van der Waals surface area contributed by atoms with Crippen molar-refractivity contribution in [2.75, 3.05) is 0 Å². The lowest BCUT2D eigenvalue weighted by Crippen LogP contribution is -2.38. The number of benzene rings is 2. The molecule has 0 fully saturated rings. The zero-order valence-electron chi connectivity index (χ0n) is 19.6. The second-order valence-electron chi connectivity index (χ2n) is 8.85. The van der Waals surface area contributed by atoms with Crippen molar-refractivity contribution >= 4 is 33.7 Å². The highest BCUT2D eigenvalue weighted by atomic mass is 32.1. The highest BCUT2D eigenvalue weighted by Gasteiger charge is 2.33. The highest BCUT2D eigenvalue weighted by Crippen LogP contribution is 2.37. The van der Waals surface area contributed by atoms with Gasteiger partial charge in [0.15, 0.2) is 0 Å². The monoisotopic (exact) mass is 498 g/mol. The third kappa shape index (κ3) is 5.03. The van der Waals surface area contributed by atoms with Gasteiger partial charge in [-0.15, -0.1) is 11.3 Å². The van der Waals surface area contributed by atoms with E-state index in [2.05, 4.69) is 0 Å². The van der Waals surface area contributed by atoms with Crippen LogP contribution in [0.3, 0.4) is 0 Å². The molecule has 0 unspecified atom stereocenters. The Morgan fingerprint density at radius 1 is 0.971 bits per heavy atom. The number of aromatic nitrogens is 2. The van der Waals surface area contributed by atoms with Crippen molar-refractivity contribution in [2.45, 2.75) is 33.0 Å². The predicted molar refractivity (Wildman–Crippen MR) is 136 cm³/mol. The molecule has 0 aliphatic carbocycles. The Hall–Kier alpha value is -3.39. The summed E-state index contributed by atoms with van der Waals surface area (Å²) in [6.07, 6.45) is -0.908. The quantitative estimate of drug-likeness (QED) is 0.318.